The van der Waals surface area contributed by atoms with E-state index in [2.05, 4.69) is 10.6 Å². The summed E-state index contributed by atoms with van der Waals surface area (Å²) in [7, 11) is 0. The molecule has 0 unspecified atom stereocenters. The summed E-state index contributed by atoms with van der Waals surface area (Å²) in [5, 5.41) is 6.31. The van der Waals surface area contributed by atoms with Crippen LogP contribution in [-0.2, 0) is 4.79 Å². The van der Waals surface area contributed by atoms with Crippen molar-refractivity contribution >= 4 is 23.4 Å². The monoisotopic (exact) mass is 390 g/mol. The number of halogens is 1. The van der Waals surface area contributed by atoms with Gasteiger partial charge in [-0.05, 0) is 36.4 Å². The molecule has 1 aliphatic heterocycles. The van der Waals surface area contributed by atoms with Crippen molar-refractivity contribution in [3.63, 3.8) is 0 Å². The summed E-state index contributed by atoms with van der Waals surface area (Å²) >= 11 is 5.81. The third kappa shape index (κ3) is 5.58. The highest BCUT2D eigenvalue weighted by atomic mass is 35.5. The van der Waals surface area contributed by atoms with E-state index in [1.807, 2.05) is 12.1 Å². The molecule has 1 atom stereocenters. The first kappa shape index (κ1) is 19.5. The first-order valence-corrected chi connectivity index (χ1v) is 9.70. The molecule has 1 saturated heterocycles. The summed E-state index contributed by atoms with van der Waals surface area (Å²) in [4.78, 5) is 25.7. The van der Waals surface area contributed by atoms with E-state index < -0.39 is 0 Å². The van der Waals surface area contributed by atoms with Crippen LogP contribution in [0.1, 0.15) is 41.4 Å². The Labute approximate surface area is 163 Å². The molecular formula is C20H25ClN3O3+. The molecule has 1 aromatic heterocycles. The molecule has 0 aliphatic carbocycles. The van der Waals surface area contributed by atoms with Gasteiger partial charge in [0.25, 0.3) is 5.91 Å². The number of carbonyl (C=O) groups is 2. The minimum atomic E-state index is -0.213. The van der Waals surface area contributed by atoms with Gasteiger partial charge in [-0.1, -0.05) is 11.6 Å². The van der Waals surface area contributed by atoms with Crippen molar-refractivity contribution in [2.24, 2.45) is 0 Å². The molecule has 1 aromatic carbocycles. The molecule has 0 saturated carbocycles. The highest BCUT2D eigenvalue weighted by Crippen LogP contribution is 2.11. The fourth-order valence-corrected chi connectivity index (χ4v) is 3.54. The molecular weight excluding hydrogens is 366 g/mol. The van der Waals surface area contributed by atoms with Gasteiger partial charge in [0.1, 0.15) is 0 Å². The van der Waals surface area contributed by atoms with Gasteiger partial charge in [-0.15, -0.1) is 0 Å². The minimum absolute atomic E-state index is 0.0819. The molecule has 1 fully saturated rings. The number of furan rings is 1. The molecule has 0 bridgehead atoms. The summed E-state index contributed by atoms with van der Waals surface area (Å²) < 4.78 is 5.57. The lowest BCUT2D eigenvalue weighted by atomic mass is 10.2. The first-order valence-electron chi connectivity index (χ1n) is 9.32. The Kier molecular flexibility index (Phi) is 6.90. The molecule has 6 nitrogen and oxygen atoms in total. The molecule has 0 radical (unpaired) electrons. The third-order valence-corrected chi connectivity index (χ3v) is 5.12. The Morgan fingerprint density at radius 3 is 2.52 bits per heavy atom. The van der Waals surface area contributed by atoms with Crippen LogP contribution in [0, 0.1) is 0 Å². The largest absolute Gasteiger partial charge is 0.463 e. The Hall–Kier alpha value is -2.31. The predicted molar refractivity (Wildman–Crippen MR) is 103 cm³/mol. The standard InChI is InChI=1S/C20H24ClN3O3/c21-16-7-5-15(6-8-16)20(26)22-10-9-19(25)23-14-17(18-4-3-13-27-18)24-11-1-2-12-24/h3-8,13,17H,1-2,9-12,14H2,(H,22,26)(H,23,25)/p+1/t17-/m0/s1. The lowest BCUT2D eigenvalue weighted by Crippen LogP contribution is -3.11. The van der Waals surface area contributed by atoms with E-state index in [0.29, 0.717) is 17.1 Å². The SMILES string of the molecule is O=C(CCNC(=O)c1ccc(Cl)cc1)NC[C@@H](c1ccco1)[NH+]1CCCC1. The Morgan fingerprint density at radius 1 is 1.11 bits per heavy atom. The highest BCUT2D eigenvalue weighted by molar-refractivity contribution is 6.30. The van der Waals surface area contributed by atoms with E-state index >= 15 is 0 Å². The average Bonchev–Trinajstić information content (AvgIpc) is 3.37. The molecule has 2 heterocycles. The van der Waals surface area contributed by atoms with Crippen molar-refractivity contribution in [3.05, 3.63) is 59.0 Å². The second kappa shape index (κ2) is 9.58. The molecule has 27 heavy (non-hydrogen) atoms. The van der Waals surface area contributed by atoms with E-state index in [1.165, 1.54) is 17.7 Å². The van der Waals surface area contributed by atoms with Crippen LogP contribution in [0.3, 0.4) is 0 Å². The smallest absolute Gasteiger partial charge is 0.251 e. The van der Waals surface area contributed by atoms with Crippen LogP contribution in [0.4, 0.5) is 0 Å². The maximum atomic E-state index is 12.2. The van der Waals surface area contributed by atoms with Crippen molar-refractivity contribution in [1.29, 1.82) is 0 Å². The predicted octanol–water partition coefficient (Wildman–Crippen LogP) is 1.59. The number of nitrogens with one attached hydrogen (secondary N) is 3. The van der Waals surface area contributed by atoms with Crippen LogP contribution < -0.4 is 15.5 Å². The summed E-state index contributed by atoms with van der Waals surface area (Å²) in [5.74, 6) is 0.610. The number of hydrogen-bond acceptors (Lipinski definition) is 3. The fraction of sp³-hybridized carbons (Fsp3) is 0.400. The molecule has 7 heteroatoms. The Morgan fingerprint density at radius 2 is 1.85 bits per heavy atom. The van der Waals surface area contributed by atoms with E-state index in [0.717, 1.165) is 18.8 Å². The van der Waals surface area contributed by atoms with Gasteiger partial charge in [0.05, 0.1) is 25.9 Å². The van der Waals surface area contributed by atoms with Crippen LogP contribution in [0.15, 0.2) is 47.1 Å². The van der Waals surface area contributed by atoms with E-state index in [-0.39, 0.29) is 30.8 Å². The van der Waals surface area contributed by atoms with Gasteiger partial charge in [-0.2, -0.15) is 0 Å². The number of amides is 2. The van der Waals surface area contributed by atoms with Gasteiger partial charge in [-0.25, -0.2) is 0 Å². The zero-order valence-corrected chi connectivity index (χ0v) is 15.9. The van der Waals surface area contributed by atoms with Crippen LogP contribution in [0.5, 0.6) is 0 Å². The molecule has 3 N–H and O–H groups in total. The van der Waals surface area contributed by atoms with E-state index in [9.17, 15) is 9.59 Å². The van der Waals surface area contributed by atoms with Gasteiger partial charge in [-0.3, -0.25) is 9.59 Å². The number of benzene rings is 1. The van der Waals surface area contributed by atoms with Crippen molar-refractivity contribution in [2.75, 3.05) is 26.2 Å². The van der Waals surface area contributed by atoms with E-state index in [1.54, 1.807) is 30.5 Å². The topological polar surface area (TPSA) is 75.8 Å². The van der Waals surface area contributed by atoms with Crippen molar-refractivity contribution in [1.82, 2.24) is 10.6 Å². The number of rotatable bonds is 8. The quantitative estimate of drug-likeness (QED) is 0.640. The fourth-order valence-electron chi connectivity index (χ4n) is 3.41. The molecule has 1 aliphatic rings. The number of quaternary nitrogens is 1. The Balaban J connectivity index is 1.43. The van der Waals surface area contributed by atoms with Crippen molar-refractivity contribution < 1.29 is 18.9 Å². The van der Waals surface area contributed by atoms with Gasteiger partial charge < -0.3 is 20.0 Å². The maximum Gasteiger partial charge on any atom is 0.251 e. The van der Waals surface area contributed by atoms with Crippen molar-refractivity contribution in [2.45, 2.75) is 25.3 Å². The van der Waals surface area contributed by atoms with Gasteiger partial charge in [0.15, 0.2) is 11.8 Å². The number of carbonyl (C=O) groups excluding carboxylic acids is 2. The molecule has 3 rings (SSSR count). The Bertz CT molecular complexity index is 740. The van der Waals surface area contributed by atoms with Crippen LogP contribution in [0.2, 0.25) is 5.02 Å². The number of likely N-dealkylation sites (tertiary alicyclic amines) is 1. The summed E-state index contributed by atoms with van der Waals surface area (Å²) in [5.41, 5.74) is 0.523. The van der Waals surface area contributed by atoms with Gasteiger partial charge in [0, 0.05) is 36.4 Å². The lowest BCUT2D eigenvalue weighted by Gasteiger charge is -2.23. The van der Waals surface area contributed by atoms with Crippen LogP contribution in [0.25, 0.3) is 0 Å². The van der Waals surface area contributed by atoms with Gasteiger partial charge >= 0.3 is 0 Å². The van der Waals surface area contributed by atoms with Crippen LogP contribution >= 0.6 is 11.6 Å². The minimum Gasteiger partial charge on any atom is -0.463 e. The lowest BCUT2D eigenvalue weighted by molar-refractivity contribution is -0.919. The third-order valence-electron chi connectivity index (χ3n) is 4.87. The van der Waals surface area contributed by atoms with Crippen molar-refractivity contribution in [3.8, 4) is 0 Å². The molecule has 2 aromatic rings. The zero-order chi connectivity index (χ0) is 19.1. The second-order valence-corrected chi connectivity index (χ2v) is 7.19. The van der Waals surface area contributed by atoms with Crippen LogP contribution in [-0.4, -0.2) is 38.0 Å². The van der Waals surface area contributed by atoms with Gasteiger partial charge in [0.2, 0.25) is 5.91 Å². The highest BCUT2D eigenvalue weighted by Gasteiger charge is 2.29. The summed E-state index contributed by atoms with van der Waals surface area (Å²) in [6.45, 7) is 3.01. The summed E-state index contributed by atoms with van der Waals surface area (Å²) in [6.07, 6.45) is 4.32. The molecule has 0 spiro atoms. The first-order chi connectivity index (χ1) is 13.1. The maximum absolute atomic E-state index is 12.2. The van der Waals surface area contributed by atoms with E-state index in [4.69, 9.17) is 16.0 Å². The normalized spacial score (nSPS) is 15.4. The summed E-state index contributed by atoms with van der Waals surface area (Å²) in [6, 6.07) is 10.6. The average molecular weight is 391 g/mol. The number of hydrogen-bond donors (Lipinski definition) is 3. The molecule has 2 amide bonds. The molecule has 144 valence electrons. The zero-order valence-electron chi connectivity index (χ0n) is 15.2. The second-order valence-electron chi connectivity index (χ2n) is 6.75.